The van der Waals surface area contributed by atoms with Gasteiger partial charge in [-0.1, -0.05) is 30.7 Å². The molecule has 0 radical (unpaired) electrons. The number of hydrogen-bond acceptors (Lipinski definition) is 5. The van der Waals surface area contributed by atoms with Gasteiger partial charge in [0.15, 0.2) is 0 Å². The maximum atomic E-state index is 13.0. The number of likely N-dealkylation sites (N-methyl/N-ethyl adjacent to an activating group) is 1. The molecule has 9 heteroatoms. The first-order valence-electron chi connectivity index (χ1n) is 9.27. The molecule has 8 nitrogen and oxygen atoms in total. The zero-order valence-corrected chi connectivity index (χ0v) is 17.7. The van der Waals surface area contributed by atoms with Crippen LogP contribution >= 0.6 is 11.6 Å². The fourth-order valence-electron chi connectivity index (χ4n) is 3.22. The average Bonchev–Trinajstić information content (AvgIpc) is 2.69. The summed E-state index contributed by atoms with van der Waals surface area (Å²) in [6.45, 7) is 1.93. The second-order valence-corrected chi connectivity index (χ2v) is 7.20. The van der Waals surface area contributed by atoms with Crippen LogP contribution in [0.5, 0.6) is 0 Å². The predicted molar refractivity (Wildman–Crippen MR) is 112 cm³/mol. The lowest BCUT2D eigenvalue weighted by atomic mass is 9.99. The Morgan fingerprint density at radius 3 is 2.66 bits per heavy atom. The van der Waals surface area contributed by atoms with Crippen molar-refractivity contribution in [3.8, 4) is 0 Å². The number of amidine groups is 1. The Kier molecular flexibility index (Phi) is 7.39. The number of carbonyl (C=O) groups is 3. The van der Waals surface area contributed by atoms with Gasteiger partial charge in [0, 0.05) is 26.2 Å². The zero-order valence-electron chi connectivity index (χ0n) is 17.0. The number of hydrogen-bond donors (Lipinski definition) is 2. The van der Waals surface area contributed by atoms with Crippen molar-refractivity contribution >= 4 is 35.3 Å². The van der Waals surface area contributed by atoms with E-state index < -0.39 is 23.9 Å². The molecule has 0 aliphatic carbocycles. The van der Waals surface area contributed by atoms with Crippen LogP contribution in [0.25, 0.3) is 0 Å². The summed E-state index contributed by atoms with van der Waals surface area (Å²) in [5, 5.41) is 11.2. The van der Waals surface area contributed by atoms with E-state index in [0.717, 1.165) is 15.4 Å². The molecule has 2 atom stereocenters. The van der Waals surface area contributed by atoms with Crippen molar-refractivity contribution in [2.45, 2.75) is 31.8 Å². The summed E-state index contributed by atoms with van der Waals surface area (Å²) >= 11 is 6.07. The average molecular weight is 420 g/mol. The molecule has 1 heterocycles. The summed E-state index contributed by atoms with van der Waals surface area (Å²) in [6.07, 6.45) is 3.50. The molecular weight excluding hydrogens is 394 g/mol. The van der Waals surface area contributed by atoms with Crippen molar-refractivity contribution in [3.05, 3.63) is 47.1 Å². The fourth-order valence-corrected chi connectivity index (χ4v) is 3.42. The van der Waals surface area contributed by atoms with E-state index in [4.69, 9.17) is 17.0 Å². The molecule has 1 aliphatic rings. The van der Waals surface area contributed by atoms with Gasteiger partial charge in [-0.3, -0.25) is 24.8 Å². The smallest absolute Gasteiger partial charge is 0.327 e. The van der Waals surface area contributed by atoms with Crippen molar-refractivity contribution in [2.24, 2.45) is 0 Å². The third-order valence-electron chi connectivity index (χ3n) is 4.93. The Hall–Kier alpha value is -2.87. The van der Waals surface area contributed by atoms with Crippen molar-refractivity contribution in [1.29, 1.82) is 5.41 Å². The monoisotopic (exact) mass is 419 g/mol. The minimum Gasteiger partial charge on any atom is -0.394 e. The van der Waals surface area contributed by atoms with Gasteiger partial charge in [-0.2, -0.15) is 0 Å². The van der Waals surface area contributed by atoms with Crippen LogP contribution in [0.3, 0.4) is 0 Å². The summed E-state index contributed by atoms with van der Waals surface area (Å²) < 4.78 is 0. The lowest BCUT2D eigenvalue weighted by molar-refractivity contribution is -0.152. The summed E-state index contributed by atoms with van der Waals surface area (Å²) in [6, 6.07) is 5.45. The van der Waals surface area contributed by atoms with Crippen LogP contribution in [0.4, 0.5) is 4.79 Å². The molecule has 1 aromatic carbocycles. The topological polar surface area (TPSA) is 96.8 Å². The number of nitrogens with zero attached hydrogens (tertiary/aromatic N) is 3. The van der Waals surface area contributed by atoms with Crippen LogP contribution < -0.4 is 5.32 Å². The Balaban J connectivity index is 2.17. The number of likely N-dealkylation sites (tertiary alicyclic amines) is 1. The minimum atomic E-state index is -0.914. The van der Waals surface area contributed by atoms with E-state index in [9.17, 15) is 14.4 Å². The number of carbonyl (C=O) groups excluding carboxylic acids is 3. The van der Waals surface area contributed by atoms with Gasteiger partial charge in [-0.15, -0.1) is 0 Å². The first kappa shape index (κ1) is 22.4. The SMILES string of the molecule is CCC(c1cccc(Cl)c1)N(C)C(=O)N1C(=O)CC1C(=O)N(C)C(=N)/C=C\NC. The van der Waals surface area contributed by atoms with E-state index in [1.807, 2.05) is 13.0 Å². The van der Waals surface area contributed by atoms with Crippen molar-refractivity contribution in [3.63, 3.8) is 0 Å². The third kappa shape index (κ3) is 4.76. The highest BCUT2D eigenvalue weighted by atomic mass is 35.5. The number of nitrogens with one attached hydrogen (secondary N) is 2. The highest BCUT2D eigenvalue weighted by Crippen LogP contribution is 2.29. The highest BCUT2D eigenvalue weighted by molar-refractivity contribution is 6.30. The summed E-state index contributed by atoms with van der Waals surface area (Å²) in [4.78, 5) is 41.5. The molecule has 29 heavy (non-hydrogen) atoms. The summed E-state index contributed by atoms with van der Waals surface area (Å²) in [5.74, 6) is -0.936. The second-order valence-electron chi connectivity index (χ2n) is 6.76. The Bertz CT molecular complexity index is 841. The van der Waals surface area contributed by atoms with Crippen LogP contribution in [0.15, 0.2) is 36.5 Å². The number of β-lactam (4-membered cyclic amide) rings is 1. The molecule has 1 aliphatic heterocycles. The standard InChI is InChI=1S/C20H26ClN5O3/c1-5-15(13-7-6-8-14(21)11-13)24(3)20(29)26-16(12-18(26)27)19(28)25(4)17(22)9-10-23-2/h6-11,15-16,22-23H,5,12H2,1-4H3/b10-9-,22-17?. The number of benzene rings is 1. The maximum absolute atomic E-state index is 13.0. The molecule has 0 saturated carbocycles. The molecule has 2 N–H and O–H groups in total. The van der Waals surface area contributed by atoms with E-state index in [1.54, 1.807) is 32.3 Å². The van der Waals surface area contributed by atoms with Crippen LogP contribution in [0, 0.1) is 5.41 Å². The molecule has 2 unspecified atom stereocenters. The second kappa shape index (κ2) is 9.56. The Morgan fingerprint density at radius 2 is 2.10 bits per heavy atom. The van der Waals surface area contributed by atoms with E-state index in [0.29, 0.717) is 11.4 Å². The first-order valence-corrected chi connectivity index (χ1v) is 9.64. The molecular formula is C20H26ClN5O3. The molecule has 0 aromatic heterocycles. The summed E-state index contributed by atoms with van der Waals surface area (Å²) in [7, 11) is 4.73. The van der Waals surface area contributed by atoms with Crippen molar-refractivity contribution < 1.29 is 14.4 Å². The number of amides is 4. The van der Waals surface area contributed by atoms with E-state index in [-0.39, 0.29) is 18.3 Å². The molecule has 1 saturated heterocycles. The van der Waals surface area contributed by atoms with Gasteiger partial charge in [-0.05, 0) is 36.4 Å². The van der Waals surface area contributed by atoms with E-state index in [2.05, 4.69) is 5.32 Å². The zero-order chi connectivity index (χ0) is 21.7. The van der Waals surface area contributed by atoms with Gasteiger partial charge in [0.1, 0.15) is 11.9 Å². The molecule has 1 aromatic rings. The first-order chi connectivity index (χ1) is 13.7. The number of imide groups is 1. The summed E-state index contributed by atoms with van der Waals surface area (Å²) in [5.41, 5.74) is 0.850. The van der Waals surface area contributed by atoms with Crippen molar-refractivity contribution in [2.75, 3.05) is 21.1 Å². The lowest BCUT2D eigenvalue weighted by Crippen LogP contribution is -2.64. The largest absolute Gasteiger partial charge is 0.394 e. The Labute approximate surface area is 175 Å². The third-order valence-corrected chi connectivity index (χ3v) is 5.16. The highest BCUT2D eigenvalue weighted by Gasteiger charge is 2.48. The number of halogens is 1. The number of rotatable bonds is 6. The van der Waals surface area contributed by atoms with E-state index in [1.165, 1.54) is 24.2 Å². The fraction of sp³-hybridized carbons (Fsp3) is 0.400. The van der Waals surface area contributed by atoms with Crippen LogP contribution in [0.2, 0.25) is 5.02 Å². The van der Waals surface area contributed by atoms with E-state index >= 15 is 0 Å². The normalized spacial score (nSPS) is 16.9. The van der Waals surface area contributed by atoms with Crippen LogP contribution in [0.1, 0.15) is 31.4 Å². The Morgan fingerprint density at radius 1 is 1.41 bits per heavy atom. The van der Waals surface area contributed by atoms with Gasteiger partial charge in [0.2, 0.25) is 5.91 Å². The molecule has 2 rings (SSSR count). The van der Waals surface area contributed by atoms with Crippen molar-refractivity contribution in [1.82, 2.24) is 20.0 Å². The van der Waals surface area contributed by atoms with Gasteiger partial charge >= 0.3 is 6.03 Å². The number of urea groups is 1. The van der Waals surface area contributed by atoms with Gasteiger partial charge in [0.25, 0.3) is 5.91 Å². The predicted octanol–water partition coefficient (Wildman–Crippen LogP) is 2.61. The minimum absolute atomic E-state index is 0.0465. The molecule has 156 valence electrons. The van der Waals surface area contributed by atoms with Crippen LogP contribution in [-0.4, -0.2) is 65.6 Å². The molecule has 4 amide bonds. The van der Waals surface area contributed by atoms with Crippen LogP contribution in [-0.2, 0) is 9.59 Å². The maximum Gasteiger partial charge on any atom is 0.327 e. The lowest BCUT2D eigenvalue weighted by Gasteiger charge is -2.42. The molecule has 0 bridgehead atoms. The molecule has 0 spiro atoms. The van der Waals surface area contributed by atoms with Gasteiger partial charge in [0.05, 0.1) is 12.5 Å². The molecule has 1 fully saturated rings. The van der Waals surface area contributed by atoms with Gasteiger partial charge in [-0.25, -0.2) is 4.79 Å². The quantitative estimate of drug-likeness (QED) is 0.420. The van der Waals surface area contributed by atoms with Gasteiger partial charge < -0.3 is 10.2 Å².